The Morgan fingerprint density at radius 1 is 1.44 bits per heavy atom. The number of nitrogens with two attached hydrogens (primary N) is 1. The minimum Gasteiger partial charge on any atom is -0.495 e. The average Bonchev–Trinajstić information content (AvgIpc) is 2.37. The first-order valence-electron chi connectivity index (χ1n) is 5.71. The van der Waals surface area contributed by atoms with E-state index in [-0.39, 0.29) is 11.9 Å². The summed E-state index contributed by atoms with van der Waals surface area (Å²) in [6, 6.07) is 5.14. The molecule has 1 aromatic rings. The van der Waals surface area contributed by atoms with E-state index in [4.69, 9.17) is 15.2 Å². The summed E-state index contributed by atoms with van der Waals surface area (Å²) in [5, 5.41) is 0. The summed E-state index contributed by atoms with van der Waals surface area (Å²) in [7, 11) is 4.86. The molecule has 5 nitrogen and oxygen atoms in total. The van der Waals surface area contributed by atoms with Gasteiger partial charge >= 0.3 is 0 Å². The molecule has 0 heterocycles. The zero-order chi connectivity index (χ0) is 13.7. The summed E-state index contributed by atoms with van der Waals surface area (Å²) in [6.45, 7) is 2.39. The maximum atomic E-state index is 12.3. The van der Waals surface area contributed by atoms with Gasteiger partial charge in [0.25, 0.3) is 5.91 Å². The van der Waals surface area contributed by atoms with Gasteiger partial charge in [-0.3, -0.25) is 4.79 Å². The van der Waals surface area contributed by atoms with E-state index in [2.05, 4.69) is 0 Å². The van der Waals surface area contributed by atoms with Gasteiger partial charge in [0.2, 0.25) is 0 Å². The molecule has 2 N–H and O–H groups in total. The fraction of sp³-hybridized carbons (Fsp3) is 0.462. The van der Waals surface area contributed by atoms with Crippen molar-refractivity contribution in [1.82, 2.24) is 4.90 Å². The third-order valence-corrected chi connectivity index (χ3v) is 2.91. The van der Waals surface area contributed by atoms with E-state index in [0.717, 1.165) is 0 Å². The molecule has 0 saturated carbocycles. The lowest BCUT2D eigenvalue weighted by molar-refractivity contribution is 0.0634. The normalized spacial score (nSPS) is 12.0. The summed E-state index contributed by atoms with van der Waals surface area (Å²) in [5.41, 5.74) is 6.71. The van der Waals surface area contributed by atoms with Gasteiger partial charge in [-0.2, -0.15) is 0 Å². The van der Waals surface area contributed by atoms with Crippen LogP contribution in [0.2, 0.25) is 0 Å². The second-order valence-electron chi connectivity index (χ2n) is 4.14. The molecule has 0 radical (unpaired) electrons. The number of methoxy groups -OCH3 is 2. The highest BCUT2D eigenvalue weighted by Crippen LogP contribution is 2.25. The molecule has 1 amide bonds. The standard InChI is InChI=1S/C13H20N2O3/c1-9(8-17-3)15(2)13(16)10-6-5-7-11(18-4)12(10)14/h5-7,9H,8,14H2,1-4H3. The van der Waals surface area contributed by atoms with Crippen molar-refractivity contribution in [2.45, 2.75) is 13.0 Å². The predicted molar refractivity (Wildman–Crippen MR) is 70.8 cm³/mol. The Bertz CT molecular complexity index is 421. The van der Waals surface area contributed by atoms with Crippen molar-refractivity contribution >= 4 is 11.6 Å². The van der Waals surface area contributed by atoms with Crippen LogP contribution in [0.3, 0.4) is 0 Å². The minimum absolute atomic E-state index is 0.0203. The maximum Gasteiger partial charge on any atom is 0.256 e. The molecule has 0 saturated heterocycles. The molecule has 0 bridgehead atoms. The Kier molecular flexibility index (Phi) is 4.97. The highest BCUT2D eigenvalue weighted by molar-refractivity contribution is 6.00. The molecule has 1 aromatic carbocycles. The van der Waals surface area contributed by atoms with Crippen LogP contribution in [0.15, 0.2) is 18.2 Å². The Balaban J connectivity index is 2.97. The zero-order valence-electron chi connectivity index (χ0n) is 11.3. The van der Waals surface area contributed by atoms with Crippen molar-refractivity contribution in [1.29, 1.82) is 0 Å². The smallest absolute Gasteiger partial charge is 0.256 e. The van der Waals surface area contributed by atoms with Crippen LogP contribution in [0.25, 0.3) is 0 Å². The number of ether oxygens (including phenoxy) is 2. The Labute approximate surface area is 107 Å². The molecule has 0 aliphatic carbocycles. The lowest BCUT2D eigenvalue weighted by Gasteiger charge is -2.25. The number of anilines is 1. The molecule has 5 heteroatoms. The van der Waals surface area contributed by atoms with E-state index in [9.17, 15) is 4.79 Å². The van der Waals surface area contributed by atoms with Gasteiger partial charge in [-0.05, 0) is 19.1 Å². The van der Waals surface area contributed by atoms with Crippen LogP contribution >= 0.6 is 0 Å². The Morgan fingerprint density at radius 3 is 2.67 bits per heavy atom. The summed E-state index contributed by atoms with van der Waals surface area (Å²) in [6.07, 6.45) is 0. The van der Waals surface area contributed by atoms with Gasteiger partial charge in [-0.1, -0.05) is 6.07 Å². The summed E-state index contributed by atoms with van der Waals surface area (Å²) in [5.74, 6) is 0.365. The summed E-state index contributed by atoms with van der Waals surface area (Å²) >= 11 is 0. The number of carbonyl (C=O) groups excluding carboxylic acids is 1. The molecule has 1 atom stereocenters. The third-order valence-electron chi connectivity index (χ3n) is 2.91. The quantitative estimate of drug-likeness (QED) is 0.804. The van der Waals surface area contributed by atoms with Gasteiger partial charge in [-0.25, -0.2) is 0 Å². The third kappa shape index (κ3) is 2.92. The molecule has 1 unspecified atom stereocenters. The van der Waals surface area contributed by atoms with E-state index in [1.54, 1.807) is 37.3 Å². The molecule has 0 fully saturated rings. The molecule has 0 aromatic heterocycles. The van der Waals surface area contributed by atoms with Crippen molar-refractivity contribution in [3.63, 3.8) is 0 Å². The number of benzene rings is 1. The first kappa shape index (κ1) is 14.3. The van der Waals surface area contributed by atoms with Gasteiger partial charge in [0.15, 0.2) is 0 Å². The fourth-order valence-electron chi connectivity index (χ4n) is 1.65. The van der Waals surface area contributed by atoms with Crippen LogP contribution < -0.4 is 10.5 Å². The second-order valence-corrected chi connectivity index (χ2v) is 4.14. The topological polar surface area (TPSA) is 64.8 Å². The monoisotopic (exact) mass is 252 g/mol. The van der Waals surface area contributed by atoms with Gasteiger partial charge in [0.1, 0.15) is 5.75 Å². The highest BCUT2D eigenvalue weighted by atomic mass is 16.5. The van der Waals surface area contributed by atoms with Crippen LogP contribution in [-0.2, 0) is 4.74 Å². The van der Waals surface area contributed by atoms with E-state index >= 15 is 0 Å². The van der Waals surface area contributed by atoms with E-state index < -0.39 is 0 Å². The van der Waals surface area contributed by atoms with E-state index in [1.165, 1.54) is 7.11 Å². The van der Waals surface area contributed by atoms with Crippen LogP contribution in [0.4, 0.5) is 5.69 Å². The lowest BCUT2D eigenvalue weighted by Crippen LogP contribution is -2.38. The van der Waals surface area contributed by atoms with Crippen molar-refractivity contribution in [2.75, 3.05) is 33.6 Å². The predicted octanol–water partition coefficient (Wildman–Crippen LogP) is 1.38. The molecular formula is C13H20N2O3. The number of hydrogen-bond acceptors (Lipinski definition) is 4. The lowest BCUT2D eigenvalue weighted by atomic mass is 10.1. The van der Waals surface area contributed by atoms with Gasteiger partial charge in [0, 0.05) is 14.2 Å². The molecule has 1 rings (SSSR count). The number of carbonyl (C=O) groups is 1. The molecule has 0 aliphatic rings. The number of para-hydroxylation sites is 1. The molecule has 0 spiro atoms. The van der Waals surface area contributed by atoms with Crippen LogP contribution in [0, 0.1) is 0 Å². The highest BCUT2D eigenvalue weighted by Gasteiger charge is 2.20. The van der Waals surface area contributed by atoms with Crippen LogP contribution in [0.1, 0.15) is 17.3 Å². The molecular weight excluding hydrogens is 232 g/mol. The van der Waals surface area contributed by atoms with Crippen LogP contribution in [0.5, 0.6) is 5.75 Å². The summed E-state index contributed by atoms with van der Waals surface area (Å²) in [4.78, 5) is 13.9. The number of rotatable bonds is 5. The van der Waals surface area contributed by atoms with Crippen molar-refractivity contribution in [2.24, 2.45) is 0 Å². The number of likely N-dealkylation sites (N-methyl/N-ethyl adjacent to an activating group) is 1. The van der Waals surface area contributed by atoms with E-state index in [1.807, 2.05) is 6.92 Å². The van der Waals surface area contributed by atoms with Gasteiger partial charge < -0.3 is 20.1 Å². The first-order chi connectivity index (χ1) is 8.52. The second kappa shape index (κ2) is 6.26. The molecule has 100 valence electrons. The maximum absolute atomic E-state index is 12.3. The fourth-order valence-corrected chi connectivity index (χ4v) is 1.65. The number of nitrogen functional groups attached to an aromatic ring is 1. The van der Waals surface area contributed by atoms with Gasteiger partial charge in [-0.15, -0.1) is 0 Å². The minimum atomic E-state index is -0.143. The van der Waals surface area contributed by atoms with Gasteiger partial charge in [0.05, 0.1) is 31.0 Å². The SMILES string of the molecule is COCC(C)N(C)C(=O)c1cccc(OC)c1N. The van der Waals surface area contributed by atoms with E-state index in [0.29, 0.717) is 23.6 Å². The van der Waals surface area contributed by atoms with Crippen molar-refractivity contribution in [3.8, 4) is 5.75 Å². The average molecular weight is 252 g/mol. The number of hydrogen-bond donors (Lipinski definition) is 1. The summed E-state index contributed by atoms with van der Waals surface area (Å²) < 4.78 is 10.1. The van der Waals surface area contributed by atoms with Crippen molar-refractivity contribution in [3.05, 3.63) is 23.8 Å². The first-order valence-corrected chi connectivity index (χ1v) is 5.71. The largest absolute Gasteiger partial charge is 0.495 e. The van der Waals surface area contributed by atoms with Crippen molar-refractivity contribution < 1.29 is 14.3 Å². The Morgan fingerprint density at radius 2 is 2.11 bits per heavy atom. The number of nitrogens with zero attached hydrogens (tertiary/aromatic N) is 1. The molecule has 0 aliphatic heterocycles. The Hall–Kier alpha value is -1.75. The number of amides is 1. The van der Waals surface area contributed by atoms with Crippen LogP contribution in [-0.4, -0.2) is 44.7 Å². The molecule has 18 heavy (non-hydrogen) atoms. The zero-order valence-corrected chi connectivity index (χ0v) is 11.3.